The zero-order chi connectivity index (χ0) is 43.9. The van der Waals surface area contributed by atoms with Crippen molar-refractivity contribution >= 4 is 109 Å². The highest BCUT2D eigenvalue weighted by molar-refractivity contribution is 6.24. The van der Waals surface area contributed by atoms with Crippen molar-refractivity contribution < 1.29 is 0 Å². The van der Waals surface area contributed by atoms with Crippen molar-refractivity contribution in [1.29, 1.82) is 0 Å². The van der Waals surface area contributed by atoms with Gasteiger partial charge in [-0.25, -0.2) is 0 Å². The van der Waals surface area contributed by atoms with Gasteiger partial charge in [0.2, 0.25) is 0 Å². The molecule has 10 aromatic carbocycles. The third-order valence-corrected chi connectivity index (χ3v) is 14.3. The number of para-hydroxylation sites is 6. The van der Waals surface area contributed by atoms with E-state index in [2.05, 4.69) is 236 Å². The summed E-state index contributed by atoms with van der Waals surface area (Å²) >= 11 is 0. The summed E-state index contributed by atoms with van der Waals surface area (Å²) in [6.07, 6.45) is 0. The highest BCUT2D eigenvalue weighted by Gasteiger charge is 2.22. The zero-order valence-corrected chi connectivity index (χ0v) is 36.0. The SMILES string of the molecule is O=c1[nH]c2c(ccc3c4cc(-n5c6ccccc6c6ccccc65)ccc4n(-c4ccccc4)c32)c2cc3c(cc12)c1cc(-n2c4ccccc4c4ccccc42)ccc1n3-c1ccccc1. The van der Waals surface area contributed by atoms with Crippen molar-refractivity contribution in [2.75, 3.05) is 0 Å². The minimum atomic E-state index is -0.119. The number of nitrogens with one attached hydrogen (secondary N) is 1. The third kappa shape index (κ3) is 4.96. The van der Waals surface area contributed by atoms with Gasteiger partial charge in [-0.2, -0.15) is 0 Å². The molecule has 0 atom stereocenters. The summed E-state index contributed by atoms with van der Waals surface area (Å²) in [7, 11) is 0. The number of hydrogen-bond donors (Lipinski definition) is 1. The molecule has 6 heteroatoms. The number of aromatic amines is 1. The molecule has 0 bridgehead atoms. The second-order valence-corrected chi connectivity index (χ2v) is 17.7. The number of rotatable bonds is 4. The van der Waals surface area contributed by atoms with Crippen LogP contribution in [0.15, 0.2) is 223 Å². The lowest BCUT2D eigenvalue weighted by Crippen LogP contribution is -2.07. The van der Waals surface area contributed by atoms with Gasteiger partial charge in [-0.3, -0.25) is 4.79 Å². The molecule has 0 aliphatic rings. The summed E-state index contributed by atoms with van der Waals surface area (Å²) < 4.78 is 9.40. The van der Waals surface area contributed by atoms with E-state index in [4.69, 9.17) is 0 Å². The van der Waals surface area contributed by atoms with E-state index in [-0.39, 0.29) is 5.56 Å². The highest BCUT2D eigenvalue weighted by atomic mass is 16.1. The molecule has 1 N–H and O–H groups in total. The van der Waals surface area contributed by atoms with Crippen LogP contribution in [0.4, 0.5) is 0 Å². The first kappa shape index (κ1) is 36.2. The molecule has 15 rings (SSSR count). The Balaban J connectivity index is 1.02. The van der Waals surface area contributed by atoms with E-state index < -0.39 is 0 Å². The van der Waals surface area contributed by atoms with Crippen molar-refractivity contribution in [2.24, 2.45) is 0 Å². The average Bonchev–Trinajstić information content (AvgIpc) is 4.11. The summed E-state index contributed by atoms with van der Waals surface area (Å²) in [4.78, 5) is 18.4. The predicted octanol–water partition coefficient (Wildman–Crippen LogP) is 15.1. The smallest absolute Gasteiger partial charge is 0.256 e. The summed E-state index contributed by atoms with van der Waals surface area (Å²) in [5, 5.41) is 11.7. The molecule has 15 aromatic rings. The number of benzene rings is 10. The van der Waals surface area contributed by atoms with E-state index in [1.165, 1.54) is 32.6 Å². The Morgan fingerprint density at radius 3 is 1.19 bits per heavy atom. The van der Waals surface area contributed by atoms with Crippen LogP contribution < -0.4 is 5.56 Å². The Morgan fingerprint density at radius 2 is 0.657 bits per heavy atom. The lowest BCUT2D eigenvalue weighted by Gasteiger charge is -2.12. The summed E-state index contributed by atoms with van der Waals surface area (Å²) in [5.74, 6) is 0. The fraction of sp³-hybridized carbons (Fsp3) is 0. The lowest BCUT2D eigenvalue weighted by molar-refractivity contribution is 1.16. The van der Waals surface area contributed by atoms with Gasteiger partial charge in [0, 0.05) is 76.6 Å². The largest absolute Gasteiger partial charge is 0.320 e. The first-order valence-corrected chi connectivity index (χ1v) is 22.8. The molecule has 0 aliphatic heterocycles. The third-order valence-electron chi connectivity index (χ3n) is 14.3. The van der Waals surface area contributed by atoms with Gasteiger partial charge in [0.25, 0.3) is 5.56 Å². The van der Waals surface area contributed by atoms with Gasteiger partial charge < -0.3 is 23.3 Å². The van der Waals surface area contributed by atoms with E-state index in [9.17, 15) is 4.79 Å². The first-order chi connectivity index (χ1) is 33.2. The highest BCUT2D eigenvalue weighted by Crippen LogP contribution is 2.42. The molecule has 5 heterocycles. The van der Waals surface area contributed by atoms with Gasteiger partial charge in [0.05, 0.1) is 49.7 Å². The fourth-order valence-electron chi connectivity index (χ4n) is 11.5. The molecule has 0 amide bonds. The van der Waals surface area contributed by atoms with Crippen LogP contribution in [-0.2, 0) is 0 Å². The summed E-state index contributed by atoms with van der Waals surface area (Å²) in [6, 6.07) is 77.9. The van der Waals surface area contributed by atoms with E-state index in [0.29, 0.717) is 5.39 Å². The molecule has 5 aromatic heterocycles. The van der Waals surface area contributed by atoms with Gasteiger partial charge in [0.15, 0.2) is 0 Å². The number of aromatic nitrogens is 5. The normalized spacial score (nSPS) is 12.2. The second-order valence-electron chi connectivity index (χ2n) is 17.7. The van der Waals surface area contributed by atoms with Crippen molar-refractivity contribution in [3.63, 3.8) is 0 Å². The molecule has 67 heavy (non-hydrogen) atoms. The van der Waals surface area contributed by atoms with Gasteiger partial charge >= 0.3 is 0 Å². The van der Waals surface area contributed by atoms with Crippen LogP contribution in [0.3, 0.4) is 0 Å². The maximum Gasteiger partial charge on any atom is 0.256 e. The number of hydrogen-bond acceptors (Lipinski definition) is 1. The minimum Gasteiger partial charge on any atom is -0.320 e. The van der Waals surface area contributed by atoms with E-state index in [1.807, 2.05) is 6.07 Å². The number of H-pyrrole nitrogens is 1. The van der Waals surface area contributed by atoms with Crippen LogP contribution >= 0.6 is 0 Å². The van der Waals surface area contributed by atoms with Crippen molar-refractivity contribution in [3.05, 3.63) is 229 Å². The van der Waals surface area contributed by atoms with Crippen molar-refractivity contribution in [2.45, 2.75) is 0 Å². The Morgan fingerprint density at radius 1 is 0.254 bits per heavy atom. The second kappa shape index (κ2) is 13.5. The Hall–Kier alpha value is -9.13. The monoisotopic (exact) mass is 855 g/mol. The molecule has 6 nitrogen and oxygen atoms in total. The number of nitrogens with zero attached hydrogens (tertiary/aromatic N) is 4. The van der Waals surface area contributed by atoms with Crippen LogP contribution in [0.1, 0.15) is 0 Å². The molecule has 0 fully saturated rings. The Kier molecular flexibility index (Phi) is 7.28. The number of fused-ring (bicyclic) bond motifs is 16. The van der Waals surface area contributed by atoms with E-state index in [0.717, 1.165) is 93.7 Å². The zero-order valence-electron chi connectivity index (χ0n) is 36.0. The van der Waals surface area contributed by atoms with E-state index in [1.54, 1.807) is 0 Å². The van der Waals surface area contributed by atoms with Gasteiger partial charge in [-0.05, 0) is 102 Å². The summed E-state index contributed by atoms with van der Waals surface area (Å²) in [5.41, 5.74) is 13.7. The van der Waals surface area contributed by atoms with Crippen LogP contribution in [0.2, 0.25) is 0 Å². The molecule has 312 valence electrons. The quantitative estimate of drug-likeness (QED) is 0.176. The first-order valence-electron chi connectivity index (χ1n) is 22.8. The fourth-order valence-corrected chi connectivity index (χ4v) is 11.5. The van der Waals surface area contributed by atoms with Gasteiger partial charge in [0.1, 0.15) is 0 Å². The van der Waals surface area contributed by atoms with Crippen molar-refractivity contribution in [1.82, 2.24) is 23.3 Å². The molecular weight excluding hydrogens is 819 g/mol. The Labute approximate surface area is 382 Å². The van der Waals surface area contributed by atoms with Gasteiger partial charge in [-0.15, -0.1) is 0 Å². The van der Waals surface area contributed by atoms with Crippen LogP contribution in [0.25, 0.3) is 132 Å². The van der Waals surface area contributed by atoms with E-state index >= 15 is 0 Å². The molecular formula is C61H37N5O. The standard InChI is InChI=1S/C61H37N5O/c67-61-51-35-50-49-34-40(65-54-25-13-9-21-43(54)44-22-10-14-26-55(44)65)27-31-56(49)63(37-15-3-1-4-16-37)58(50)36-47(51)45-29-30-46-48-33-39(64-52-23-11-7-19-41(52)42-20-8-12-24-53(42)64)28-32-57(48)66(60(46)59(45)62-61)38-17-5-2-6-18-38/h1-36H,(H,62,67). The maximum atomic E-state index is 14.9. The molecule has 0 aliphatic carbocycles. The summed E-state index contributed by atoms with van der Waals surface area (Å²) in [6.45, 7) is 0. The van der Waals surface area contributed by atoms with Crippen LogP contribution in [0.5, 0.6) is 0 Å². The molecule has 0 radical (unpaired) electrons. The average molecular weight is 856 g/mol. The molecule has 0 saturated carbocycles. The van der Waals surface area contributed by atoms with Crippen molar-refractivity contribution in [3.8, 4) is 22.7 Å². The van der Waals surface area contributed by atoms with Gasteiger partial charge in [-0.1, -0.05) is 121 Å². The molecule has 0 unspecified atom stereocenters. The minimum absolute atomic E-state index is 0.119. The van der Waals surface area contributed by atoms with Crippen LogP contribution in [0, 0.1) is 0 Å². The molecule has 0 spiro atoms. The predicted molar refractivity (Wildman–Crippen MR) is 279 cm³/mol. The number of pyridine rings is 1. The lowest BCUT2D eigenvalue weighted by atomic mass is 10.0. The van der Waals surface area contributed by atoms with Crippen LogP contribution in [-0.4, -0.2) is 23.3 Å². The Bertz CT molecular complexity index is 4530. The molecule has 0 saturated heterocycles. The maximum absolute atomic E-state index is 14.9. The topological polar surface area (TPSA) is 52.6 Å².